The summed E-state index contributed by atoms with van der Waals surface area (Å²) in [5, 5.41) is 3.52. The van der Waals surface area contributed by atoms with Crippen molar-refractivity contribution in [2.24, 2.45) is 5.92 Å². The number of methoxy groups -OCH3 is 1. The molecule has 28 heavy (non-hydrogen) atoms. The standard InChI is InChI=1S/C20H19FN4O3/c1-27-20-17(15(6-7-22-20)28-10-2-3-10)13-9-23-18-11(13)4-5-16(24-18)25-19(26)12-8-14(12)21/h4-7,9-10,12,14H,2-3,8H2,1H3,(H2,23,24,25,26)/t12-,14+/m1/s1. The van der Waals surface area contributed by atoms with Gasteiger partial charge in [-0.2, -0.15) is 0 Å². The van der Waals surface area contributed by atoms with E-state index in [0.29, 0.717) is 17.3 Å². The van der Waals surface area contributed by atoms with E-state index in [1.54, 1.807) is 19.4 Å². The number of halogens is 1. The van der Waals surface area contributed by atoms with E-state index in [-0.39, 0.29) is 18.4 Å². The molecule has 2 fully saturated rings. The van der Waals surface area contributed by atoms with Crippen LogP contribution in [0.2, 0.25) is 0 Å². The first-order valence-electron chi connectivity index (χ1n) is 9.27. The quantitative estimate of drug-likeness (QED) is 0.681. The number of fused-ring (bicyclic) bond motifs is 1. The summed E-state index contributed by atoms with van der Waals surface area (Å²) in [7, 11) is 1.57. The molecule has 0 unspecified atom stereocenters. The molecular formula is C20H19FN4O3. The molecular weight excluding hydrogens is 363 g/mol. The van der Waals surface area contributed by atoms with Gasteiger partial charge in [-0.15, -0.1) is 0 Å². The number of aromatic nitrogens is 3. The van der Waals surface area contributed by atoms with E-state index in [4.69, 9.17) is 9.47 Å². The van der Waals surface area contributed by atoms with Gasteiger partial charge in [0.1, 0.15) is 23.4 Å². The first-order chi connectivity index (χ1) is 13.6. The van der Waals surface area contributed by atoms with E-state index >= 15 is 0 Å². The van der Waals surface area contributed by atoms with Gasteiger partial charge in [-0.1, -0.05) is 0 Å². The van der Waals surface area contributed by atoms with Crippen molar-refractivity contribution in [1.29, 1.82) is 0 Å². The molecule has 0 aliphatic heterocycles. The topological polar surface area (TPSA) is 89.1 Å². The van der Waals surface area contributed by atoms with E-state index in [0.717, 1.165) is 35.1 Å². The number of hydrogen-bond donors (Lipinski definition) is 2. The second-order valence-electron chi connectivity index (χ2n) is 7.15. The Kier molecular flexibility index (Phi) is 3.92. The molecule has 5 rings (SSSR count). The van der Waals surface area contributed by atoms with Crippen molar-refractivity contribution in [1.82, 2.24) is 15.0 Å². The number of pyridine rings is 2. The van der Waals surface area contributed by atoms with E-state index in [9.17, 15) is 9.18 Å². The lowest BCUT2D eigenvalue weighted by molar-refractivity contribution is -0.117. The highest BCUT2D eigenvalue weighted by atomic mass is 19.1. The zero-order chi connectivity index (χ0) is 19.3. The summed E-state index contributed by atoms with van der Waals surface area (Å²) in [6, 6.07) is 5.40. The number of anilines is 1. The van der Waals surface area contributed by atoms with Crippen molar-refractivity contribution in [3.05, 3.63) is 30.6 Å². The molecule has 2 saturated carbocycles. The van der Waals surface area contributed by atoms with Crippen LogP contribution in [0, 0.1) is 5.92 Å². The SMILES string of the molecule is COc1nccc(OC2CC2)c1-c1c[nH]c2nc(NC(=O)[C@@H]3C[C@@H]3F)ccc12. The minimum Gasteiger partial charge on any atom is -0.490 e. The molecule has 2 atom stereocenters. The molecule has 2 N–H and O–H groups in total. The molecule has 1 amide bonds. The fraction of sp³-hybridized carbons (Fsp3) is 0.350. The number of alkyl halides is 1. The van der Waals surface area contributed by atoms with E-state index < -0.39 is 12.1 Å². The number of carbonyl (C=O) groups is 1. The summed E-state index contributed by atoms with van der Waals surface area (Å²) >= 11 is 0. The third kappa shape index (κ3) is 3.04. The first-order valence-corrected chi connectivity index (χ1v) is 9.27. The van der Waals surface area contributed by atoms with Gasteiger partial charge >= 0.3 is 0 Å². The van der Waals surface area contributed by atoms with Crippen LogP contribution in [0.1, 0.15) is 19.3 Å². The summed E-state index contributed by atoms with van der Waals surface area (Å²) in [5.74, 6) is 0.686. The molecule has 7 nitrogen and oxygen atoms in total. The predicted octanol–water partition coefficient (Wildman–Crippen LogP) is 3.47. The Morgan fingerprint density at radius 2 is 2.14 bits per heavy atom. The third-order valence-corrected chi connectivity index (χ3v) is 5.00. The van der Waals surface area contributed by atoms with Gasteiger partial charge in [0.05, 0.1) is 24.7 Å². The van der Waals surface area contributed by atoms with Crippen molar-refractivity contribution in [2.45, 2.75) is 31.5 Å². The lowest BCUT2D eigenvalue weighted by Crippen LogP contribution is -2.15. The molecule has 3 aromatic heterocycles. The van der Waals surface area contributed by atoms with E-state index in [1.807, 2.05) is 18.3 Å². The predicted molar refractivity (Wildman–Crippen MR) is 101 cm³/mol. The van der Waals surface area contributed by atoms with Crippen molar-refractivity contribution in [2.75, 3.05) is 12.4 Å². The highest BCUT2D eigenvalue weighted by Gasteiger charge is 2.43. The average Bonchev–Trinajstić information content (AvgIpc) is 3.61. The minimum absolute atomic E-state index is 0.234. The maximum atomic E-state index is 13.1. The fourth-order valence-electron chi connectivity index (χ4n) is 3.23. The Morgan fingerprint density at radius 3 is 2.86 bits per heavy atom. The van der Waals surface area contributed by atoms with Crippen LogP contribution in [0.4, 0.5) is 10.2 Å². The monoisotopic (exact) mass is 382 g/mol. The molecule has 3 heterocycles. The molecule has 0 aromatic carbocycles. The van der Waals surface area contributed by atoms with Crippen molar-refractivity contribution in [3.8, 4) is 22.8 Å². The van der Waals surface area contributed by atoms with Crippen LogP contribution >= 0.6 is 0 Å². The number of carbonyl (C=O) groups excluding carboxylic acids is 1. The lowest BCUT2D eigenvalue weighted by Gasteiger charge is -2.13. The number of hydrogen-bond acceptors (Lipinski definition) is 5. The summed E-state index contributed by atoms with van der Waals surface area (Å²) in [6.45, 7) is 0. The Morgan fingerprint density at radius 1 is 1.32 bits per heavy atom. The number of amides is 1. The van der Waals surface area contributed by atoms with Crippen molar-refractivity contribution >= 4 is 22.8 Å². The van der Waals surface area contributed by atoms with Crippen molar-refractivity contribution in [3.63, 3.8) is 0 Å². The zero-order valence-corrected chi connectivity index (χ0v) is 15.2. The van der Waals surface area contributed by atoms with Gasteiger partial charge in [0.15, 0.2) is 0 Å². The molecule has 3 aromatic rings. The van der Waals surface area contributed by atoms with E-state index in [2.05, 4.69) is 20.3 Å². The van der Waals surface area contributed by atoms with Gasteiger partial charge < -0.3 is 19.8 Å². The fourth-order valence-corrected chi connectivity index (χ4v) is 3.23. The number of aromatic amines is 1. The van der Waals surface area contributed by atoms with E-state index in [1.165, 1.54) is 0 Å². The zero-order valence-electron chi connectivity index (χ0n) is 15.2. The Balaban J connectivity index is 1.51. The first kappa shape index (κ1) is 17.0. The molecule has 0 radical (unpaired) electrons. The maximum absolute atomic E-state index is 13.1. The number of ether oxygens (including phenoxy) is 2. The molecule has 2 aliphatic rings. The van der Waals surface area contributed by atoms with Crippen LogP contribution in [0.25, 0.3) is 22.2 Å². The second kappa shape index (κ2) is 6.47. The summed E-state index contributed by atoms with van der Waals surface area (Å²) in [6.07, 6.45) is 5.05. The Hall–Kier alpha value is -3.16. The average molecular weight is 382 g/mol. The molecule has 2 aliphatic carbocycles. The molecule has 0 spiro atoms. The number of H-pyrrole nitrogens is 1. The highest BCUT2D eigenvalue weighted by molar-refractivity contribution is 5.99. The molecule has 0 saturated heterocycles. The van der Waals surface area contributed by atoms with Crippen LogP contribution in [0.3, 0.4) is 0 Å². The third-order valence-electron chi connectivity index (χ3n) is 5.00. The van der Waals surface area contributed by atoms with Gasteiger partial charge in [0.25, 0.3) is 0 Å². The lowest BCUT2D eigenvalue weighted by atomic mass is 10.1. The summed E-state index contributed by atoms with van der Waals surface area (Å²) in [4.78, 5) is 23.8. The van der Waals surface area contributed by atoms with Crippen LogP contribution in [0.5, 0.6) is 11.6 Å². The summed E-state index contributed by atoms with van der Waals surface area (Å²) < 4.78 is 24.6. The van der Waals surface area contributed by atoms with Gasteiger partial charge in [0, 0.05) is 23.3 Å². The van der Waals surface area contributed by atoms with Gasteiger partial charge in [-0.25, -0.2) is 14.4 Å². The summed E-state index contributed by atoms with van der Waals surface area (Å²) in [5.41, 5.74) is 2.22. The molecule has 8 heteroatoms. The van der Waals surface area contributed by atoms with Crippen LogP contribution < -0.4 is 14.8 Å². The van der Waals surface area contributed by atoms with Crippen LogP contribution in [0.15, 0.2) is 30.6 Å². The second-order valence-corrected chi connectivity index (χ2v) is 7.15. The Bertz CT molecular complexity index is 1060. The van der Waals surface area contributed by atoms with Crippen molar-refractivity contribution < 1.29 is 18.7 Å². The van der Waals surface area contributed by atoms with Crippen LogP contribution in [-0.2, 0) is 4.79 Å². The van der Waals surface area contributed by atoms with Gasteiger partial charge in [0.2, 0.25) is 11.8 Å². The van der Waals surface area contributed by atoms with Gasteiger partial charge in [-0.05, 0) is 37.5 Å². The molecule has 0 bridgehead atoms. The number of nitrogens with zero attached hydrogens (tertiary/aromatic N) is 2. The van der Waals surface area contributed by atoms with Gasteiger partial charge in [-0.3, -0.25) is 4.79 Å². The molecule has 144 valence electrons. The maximum Gasteiger partial charge on any atom is 0.231 e. The minimum atomic E-state index is -1.04. The Labute approximate surface area is 160 Å². The van der Waals surface area contributed by atoms with Crippen LogP contribution in [-0.4, -0.2) is 40.2 Å². The number of nitrogens with one attached hydrogen (secondary N) is 2. The smallest absolute Gasteiger partial charge is 0.231 e. The highest BCUT2D eigenvalue weighted by Crippen LogP contribution is 2.42. The number of rotatable bonds is 6. The largest absolute Gasteiger partial charge is 0.490 e. The normalized spacial score (nSPS) is 20.8.